The number of nitrogens with one attached hydrogen (secondary N) is 1. The predicted octanol–water partition coefficient (Wildman–Crippen LogP) is 1.69. The molecule has 1 heterocycles. The van der Waals surface area contributed by atoms with Crippen LogP contribution in [0.3, 0.4) is 0 Å². The third kappa shape index (κ3) is 3.58. The molecule has 0 amide bonds. The second-order valence-corrected chi connectivity index (χ2v) is 3.25. The van der Waals surface area contributed by atoms with Crippen LogP contribution < -0.4 is 5.32 Å². The van der Waals surface area contributed by atoms with E-state index in [4.69, 9.17) is 4.74 Å². The number of anilines is 1. The lowest BCUT2D eigenvalue weighted by atomic mass is 10.1. The molecule has 0 aliphatic carbocycles. The molecule has 0 fully saturated rings. The summed E-state index contributed by atoms with van der Waals surface area (Å²) in [4.78, 5) is 15.2. The van der Waals surface area contributed by atoms with Crippen molar-refractivity contribution in [3.8, 4) is 0 Å². The highest BCUT2D eigenvalue weighted by Crippen LogP contribution is 2.08. The topological polar surface area (TPSA) is 51.2 Å². The molecule has 0 aromatic carbocycles. The molecule has 0 bridgehead atoms. The number of ether oxygens (including phenoxy) is 1. The van der Waals surface area contributed by atoms with E-state index in [1.165, 1.54) is 7.11 Å². The molecule has 1 unspecified atom stereocenters. The quantitative estimate of drug-likeness (QED) is 0.748. The molecular weight excluding hydrogens is 192 g/mol. The summed E-state index contributed by atoms with van der Waals surface area (Å²) < 4.78 is 4.70. The van der Waals surface area contributed by atoms with Crippen molar-refractivity contribution >= 4 is 11.7 Å². The Labute approximate surface area is 89.7 Å². The number of aromatic nitrogens is 1. The van der Waals surface area contributed by atoms with Gasteiger partial charge in [-0.3, -0.25) is 9.78 Å². The monoisotopic (exact) mass is 208 g/mol. The largest absolute Gasteiger partial charge is 0.469 e. The molecule has 4 heteroatoms. The first kappa shape index (κ1) is 11.5. The Kier molecular flexibility index (Phi) is 4.60. The number of hydrogen-bond donors (Lipinski definition) is 1. The molecule has 1 aromatic rings. The van der Waals surface area contributed by atoms with Gasteiger partial charge in [0.25, 0.3) is 0 Å². The Morgan fingerprint density at radius 3 is 2.73 bits per heavy atom. The number of nitrogens with zero attached hydrogens (tertiary/aromatic N) is 1. The number of carbonyl (C=O) groups excluding carboxylic acids is 1. The van der Waals surface area contributed by atoms with Crippen LogP contribution in [0, 0.1) is 5.92 Å². The normalized spacial score (nSPS) is 11.9. The summed E-state index contributed by atoms with van der Waals surface area (Å²) in [6, 6.07) is 3.73. The predicted molar refractivity (Wildman–Crippen MR) is 58.5 cm³/mol. The average Bonchev–Trinajstić information content (AvgIpc) is 2.31. The first-order valence-electron chi connectivity index (χ1n) is 4.99. The zero-order chi connectivity index (χ0) is 11.1. The molecule has 4 nitrogen and oxygen atoms in total. The summed E-state index contributed by atoms with van der Waals surface area (Å²) in [5.41, 5.74) is 0.965. The minimum atomic E-state index is -0.168. The minimum Gasteiger partial charge on any atom is -0.469 e. The molecule has 0 saturated carbocycles. The molecule has 1 atom stereocenters. The lowest BCUT2D eigenvalue weighted by Crippen LogP contribution is -2.23. The van der Waals surface area contributed by atoms with E-state index >= 15 is 0 Å². The fourth-order valence-electron chi connectivity index (χ4n) is 1.27. The van der Waals surface area contributed by atoms with Gasteiger partial charge in [0.05, 0.1) is 13.0 Å². The van der Waals surface area contributed by atoms with Crippen molar-refractivity contribution in [1.29, 1.82) is 0 Å². The third-order valence-electron chi connectivity index (χ3n) is 2.26. The number of methoxy groups -OCH3 is 1. The summed E-state index contributed by atoms with van der Waals surface area (Å²) in [7, 11) is 1.41. The van der Waals surface area contributed by atoms with Crippen molar-refractivity contribution in [2.45, 2.75) is 13.3 Å². The fourth-order valence-corrected chi connectivity index (χ4v) is 1.27. The highest BCUT2D eigenvalue weighted by Gasteiger charge is 2.16. The van der Waals surface area contributed by atoms with Crippen LogP contribution in [0.2, 0.25) is 0 Å². The van der Waals surface area contributed by atoms with Crippen molar-refractivity contribution in [1.82, 2.24) is 4.98 Å². The molecule has 0 spiro atoms. The standard InChI is InChI=1S/C11H16N2O2/c1-3-9(11(14)15-2)8-13-10-4-6-12-7-5-10/h4-7,9H,3,8H2,1-2H3,(H,12,13). The lowest BCUT2D eigenvalue weighted by molar-refractivity contribution is -0.145. The Hall–Kier alpha value is -1.58. The van der Waals surface area contributed by atoms with Crippen LogP contribution in [-0.2, 0) is 9.53 Å². The second-order valence-electron chi connectivity index (χ2n) is 3.25. The summed E-state index contributed by atoms with van der Waals surface area (Å²) in [6.45, 7) is 2.56. The molecule has 1 N–H and O–H groups in total. The number of rotatable bonds is 5. The Morgan fingerprint density at radius 2 is 2.20 bits per heavy atom. The summed E-state index contributed by atoms with van der Waals surface area (Å²) in [6.07, 6.45) is 4.19. The minimum absolute atomic E-state index is 0.0943. The van der Waals surface area contributed by atoms with E-state index in [0.29, 0.717) is 6.54 Å². The van der Waals surface area contributed by atoms with Crippen molar-refractivity contribution in [2.24, 2.45) is 5.92 Å². The maximum absolute atomic E-state index is 11.3. The number of pyridine rings is 1. The first-order chi connectivity index (χ1) is 7.27. The van der Waals surface area contributed by atoms with Gasteiger partial charge < -0.3 is 10.1 Å². The molecule has 0 aliphatic rings. The highest BCUT2D eigenvalue weighted by atomic mass is 16.5. The van der Waals surface area contributed by atoms with E-state index in [9.17, 15) is 4.79 Å². The van der Waals surface area contributed by atoms with Crippen molar-refractivity contribution in [2.75, 3.05) is 19.0 Å². The maximum atomic E-state index is 11.3. The van der Waals surface area contributed by atoms with Gasteiger partial charge >= 0.3 is 5.97 Å². The zero-order valence-corrected chi connectivity index (χ0v) is 9.06. The highest BCUT2D eigenvalue weighted by molar-refractivity contribution is 5.72. The van der Waals surface area contributed by atoms with Gasteiger partial charge in [0.15, 0.2) is 0 Å². The van der Waals surface area contributed by atoms with Crippen LogP contribution in [0.15, 0.2) is 24.5 Å². The van der Waals surface area contributed by atoms with Gasteiger partial charge in [0, 0.05) is 24.6 Å². The third-order valence-corrected chi connectivity index (χ3v) is 2.26. The smallest absolute Gasteiger partial charge is 0.310 e. The van der Waals surface area contributed by atoms with E-state index in [2.05, 4.69) is 10.3 Å². The first-order valence-corrected chi connectivity index (χ1v) is 4.99. The van der Waals surface area contributed by atoms with Gasteiger partial charge in [-0.15, -0.1) is 0 Å². The van der Waals surface area contributed by atoms with Crippen molar-refractivity contribution in [3.05, 3.63) is 24.5 Å². The SMILES string of the molecule is CCC(CNc1ccncc1)C(=O)OC. The fraction of sp³-hybridized carbons (Fsp3) is 0.455. The Morgan fingerprint density at radius 1 is 1.53 bits per heavy atom. The molecule has 0 aliphatic heterocycles. The Balaban J connectivity index is 2.44. The van der Waals surface area contributed by atoms with Crippen LogP contribution >= 0.6 is 0 Å². The Bertz CT molecular complexity index is 301. The van der Waals surface area contributed by atoms with Crippen molar-refractivity contribution < 1.29 is 9.53 Å². The van der Waals surface area contributed by atoms with Crippen molar-refractivity contribution in [3.63, 3.8) is 0 Å². The van der Waals surface area contributed by atoms with E-state index in [0.717, 1.165) is 12.1 Å². The molecular formula is C11H16N2O2. The van der Waals surface area contributed by atoms with Crippen LogP contribution in [0.5, 0.6) is 0 Å². The molecule has 15 heavy (non-hydrogen) atoms. The van der Waals surface area contributed by atoms with E-state index in [-0.39, 0.29) is 11.9 Å². The van der Waals surface area contributed by atoms with E-state index in [1.54, 1.807) is 12.4 Å². The number of carbonyl (C=O) groups is 1. The van der Waals surface area contributed by atoms with Crippen LogP contribution in [0.25, 0.3) is 0 Å². The molecule has 1 aromatic heterocycles. The van der Waals surface area contributed by atoms with Gasteiger partial charge in [-0.2, -0.15) is 0 Å². The summed E-state index contributed by atoms with van der Waals surface area (Å²) in [5, 5.41) is 3.17. The van der Waals surface area contributed by atoms with Gasteiger partial charge in [0.2, 0.25) is 0 Å². The lowest BCUT2D eigenvalue weighted by Gasteiger charge is -2.13. The van der Waals surface area contributed by atoms with Crippen LogP contribution in [0.4, 0.5) is 5.69 Å². The molecule has 0 saturated heterocycles. The maximum Gasteiger partial charge on any atom is 0.310 e. The molecule has 0 radical (unpaired) electrons. The number of hydrogen-bond acceptors (Lipinski definition) is 4. The van der Waals surface area contributed by atoms with Gasteiger partial charge in [-0.25, -0.2) is 0 Å². The molecule has 1 rings (SSSR count). The van der Waals surface area contributed by atoms with Crippen LogP contribution in [0.1, 0.15) is 13.3 Å². The van der Waals surface area contributed by atoms with Gasteiger partial charge in [-0.05, 0) is 18.6 Å². The van der Waals surface area contributed by atoms with Gasteiger partial charge in [-0.1, -0.05) is 6.92 Å². The van der Waals surface area contributed by atoms with Crippen LogP contribution in [-0.4, -0.2) is 24.6 Å². The molecule has 82 valence electrons. The van der Waals surface area contributed by atoms with E-state index in [1.807, 2.05) is 19.1 Å². The zero-order valence-electron chi connectivity index (χ0n) is 9.06. The van der Waals surface area contributed by atoms with Gasteiger partial charge in [0.1, 0.15) is 0 Å². The average molecular weight is 208 g/mol. The number of esters is 1. The summed E-state index contributed by atoms with van der Waals surface area (Å²) in [5.74, 6) is -0.262. The van der Waals surface area contributed by atoms with E-state index < -0.39 is 0 Å². The second kappa shape index (κ2) is 6.01. The summed E-state index contributed by atoms with van der Waals surface area (Å²) >= 11 is 0.